The van der Waals surface area contributed by atoms with Crippen molar-refractivity contribution in [2.75, 3.05) is 13.1 Å². The molecular formula is C13H21NO3. The molecule has 96 valence electrons. The van der Waals surface area contributed by atoms with Crippen molar-refractivity contribution in [3.05, 3.63) is 0 Å². The van der Waals surface area contributed by atoms with Gasteiger partial charge in [0.1, 0.15) is 0 Å². The largest absolute Gasteiger partial charge is 0.481 e. The lowest BCUT2D eigenvalue weighted by Crippen LogP contribution is -2.36. The highest BCUT2D eigenvalue weighted by Gasteiger charge is 2.35. The number of hydrogen-bond donors (Lipinski definition) is 1. The smallest absolute Gasteiger partial charge is 0.306 e. The maximum Gasteiger partial charge on any atom is 0.306 e. The van der Waals surface area contributed by atoms with Gasteiger partial charge in [0.25, 0.3) is 0 Å². The van der Waals surface area contributed by atoms with E-state index in [9.17, 15) is 9.59 Å². The summed E-state index contributed by atoms with van der Waals surface area (Å²) in [5, 5.41) is 8.94. The van der Waals surface area contributed by atoms with E-state index in [1.165, 1.54) is 12.8 Å². The highest BCUT2D eigenvalue weighted by atomic mass is 16.4. The van der Waals surface area contributed by atoms with Gasteiger partial charge in [0.05, 0.1) is 5.92 Å². The van der Waals surface area contributed by atoms with Gasteiger partial charge in [-0.3, -0.25) is 9.59 Å². The van der Waals surface area contributed by atoms with Crippen LogP contribution in [-0.2, 0) is 9.59 Å². The predicted octanol–water partition coefficient (Wildman–Crippen LogP) is 1.89. The molecule has 0 unspecified atom stereocenters. The lowest BCUT2D eigenvalue weighted by Gasteiger charge is -2.23. The third-order valence-corrected chi connectivity index (χ3v) is 4.05. The lowest BCUT2D eigenvalue weighted by atomic mass is 10.0. The van der Waals surface area contributed by atoms with Crippen molar-refractivity contribution in [1.29, 1.82) is 0 Å². The van der Waals surface area contributed by atoms with E-state index in [0.717, 1.165) is 32.4 Å². The van der Waals surface area contributed by atoms with Crippen LogP contribution in [-0.4, -0.2) is 35.0 Å². The molecule has 1 heterocycles. The summed E-state index contributed by atoms with van der Waals surface area (Å²) in [7, 11) is 0. The number of carbonyl (C=O) groups is 2. The quantitative estimate of drug-likeness (QED) is 0.800. The minimum absolute atomic E-state index is 0.0331. The van der Waals surface area contributed by atoms with Gasteiger partial charge in [-0.25, -0.2) is 0 Å². The second-order valence-corrected chi connectivity index (χ2v) is 5.28. The van der Waals surface area contributed by atoms with Gasteiger partial charge in [-0.05, 0) is 32.1 Å². The Labute approximate surface area is 102 Å². The molecule has 0 radical (unpaired) electrons. The van der Waals surface area contributed by atoms with Crippen LogP contribution in [0.1, 0.15) is 44.9 Å². The second kappa shape index (κ2) is 5.52. The SMILES string of the molecule is O=C(O)[C@H]1CC[C@@H](C(=O)N2CCCCCC2)C1. The summed E-state index contributed by atoms with van der Waals surface area (Å²) in [5.74, 6) is -0.864. The summed E-state index contributed by atoms with van der Waals surface area (Å²) in [5.41, 5.74) is 0. The van der Waals surface area contributed by atoms with Crippen molar-refractivity contribution in [2.24, 2.45) is 11.8 Å². The molecule has 0 aromatic rings. The zero-order valence-electron chi connectivity index (χ0n) is 10.2. The normalized spacial score (nSPS) is 30.0. The summed E-state index contributed by atoms with van der Waals surface area (Å²) in [6.07, 6.45) is 6.59. The molecule has 1 aliphatic carbocycles. The van der Waals surface area contributed by atoms with E-state index in [0.29, 0.717) is 12.8 Å². The Bertz CT molecular complexity index is 295. The molecule has 2 aliphatic rings. The molecule has 1 amide bonds. The minimum Gasteiger partial charge on any atom is -0.481 e. The summed E-state index contributed by atoms with van der Waals surface area (Å²) >= 11 is 0. The summed E-state index contributed by atoms with van der Waals surface area (Å²) in [6, 6.07) is 0. The van der Waals surface area contributed by atoms with Crippen LogP contribution < -0.4 is 0 Å². The van der Waals surface area contributed by atoms with E-state index in [-0.39, 0.29) is 17.7 Å². The molecule has 1 saturated heterocycles. The minimum atomic E-state index is -0.740. The van der Waals surface area contributed by atoms with E-state index < -0.39 is 5.97 Å². The summed E-state index contributed by atoms with van der Waals surface area (Å²) < 4.78 is 0. The average Bonchev–Trinajstić information content (AvgIpc) is 2.65. The van der Waals surface area contributed by atoms with Crippen molar-refractivity contribution >= 4 is 11.9 Å². The molecule has 0 bridgehead atoms. The van der Waals surface area contributed by atoms with Gasteiger partial charge in [-0.2, -0.15) is 0 Å². The van der Waals surface area contributed by atoms with Crippen LogP contribution in [0.15, 0.2) is 0 Å². The van der Waals surface area contributed by atoms with Gasteiger partial charge in [0.2, 0.25) is 5.91 Å². The molecule has 2 rings (SSSR count). The molecule has 2 fully saturated rings. The fourth-order valence-corrected chi connectivity index (χ4v) is 2.98. The van der Waals surface area contributed by atoms with Gasteiger partial charge in [-0.15, -0.1) is 0 Å². The number of rotatable bonds is 2. The van der Waals surface area contributed by atoms with Crippen LogP contribution in [0.2, 0.25) is 0 Å². The Hall–Kier alpha value is -1.06. The Morgan fingerprint density at radius 1 is 0.941 bits per heavy atom. The third kappa shape index (κ3) is 2.99. The number of aliphatic carboxylic acids is 1. The number of carboxylic acid groups (broad SMARTS) is 1. The van der Waals surface area contributed by atoms with Gasteiger partial charge < -0.3 is 10.0 Å². The van der Waals surface area contributed by atoms with E-state index >= 15 is 0 Å². The molecule has 4 heteroatoms. The molecule has 17 heavy (non-hydrogen) atoms. The summed E-state index contributed by atoms with van der Waals surface area (Å²) in [4.78, 5) is 25.1. The molecule has 0 aromatic carbocycles. The molecule has 0 aromatic heterocycles. The Morgan fingerprint density at radius 3 is 2.06 bits per heavy atom. The molecular weight excluding hydrogens is 218 g/mol. The lowest BCUT2D eigenvalue weighted by molar-refractivity contribution is -0.141. The third-order valence-electron chi connectivity index (χ3n) is 4.05. The maximum absolute atomic E-state index is 12.3. The van der Waals surface area contributed by atoms with Gasteiger partial charge in [-0.1, -0.05) is 12.8 Å². The number of amides is 1. The molecule has 2 atom stereocenters. The zero-order valence-corrected chi connectivity index (χ0v) is 10.2. The van der Waals surface area contributed by atoms with E-state index in [4.69, 9.17) is 5.11 Å². The fourth-order valence-electron chi connectivity index (χ4n) is 2.98. The Balaban J connectivity index is 1.89. The van der Waals surface area contributed by atoms with E-state index in [1.807, 2.05) is 4.90 Å². The number of likely N-dealkylation sites (tertiary alicyclic amines) is 1. The number of carboxylic acids is 1. The van der Waals surface area contributed by atoms with Crippen LogP contribution in [0.5, 0.6) is 0 Å². The fraction of sp³-hybridized carbons (Fsp3) is 0.846. The molecule has 4 nitrogen and oxygen atoms in total. The van der Waals surface area contributed by atoms with Crippen molar-refractivity contribution in [2.45, 2.75) is 44.9 Å². The van der Waals surface area contributed by atoms with Crippen LogP contribution in [0.4, 0.5) is 0 Å². The van der Waals surface area contributed by atoms with Crippen molar-refractivity contribution < 1.29 is 14.7 Å². The molecule has 0 spiro atoms. The molecule has 1 aliphatic heterocycles. The van der Waals surface area contributed by atoms with Crippen molar-refractivity contribution in [3.8, 4) is 0 Å². The van der Waals surface area contributed by atoms with Crippen molar-refractivity contribution in [1.82, 2.24) is 4.90 Å². The number of hydrogen-bond acceptors (Lipinski definition) is 2. The van der Waals surface area contributed by atoms with Crippen LogP contribution in [0.3, 0.4) is 0 Å². The average molecular weight is 239 g/mol. The van der Waals surface area contributed by atoms with E-state index in [2.05, 4.69) is 0 Å². The van der Waals surface area contributed by atoms with Crippen molar-refractivity contribution in [3.63, 3.8) is 0 Å². The highest BCUT2D eigenvalue weighted by Crippen LogP contribution is 2.32. The maximum atomic E-state index is 12.3. The van der Waals surface area contributed by atoms with Gasteiger partial charge in [0.15, 0.2) is 0 Å². The first-order chi connectivity index (χ1) is 8.18. The van der Waals surface area contributed by atoms with Gasteiger partial charge >= 0.3 is 5.97 Å². The first-order valence-corrected chi connectivity index (χ1v) is 6.70. The monoisotopic (exact) mass is 239 g/mol. The molecule has 1 saturated carbocycles. The number of carbonyl (C=O) groups excluding carboxylic acids is 1. The van der Waals surface area contributed by atoms with Crippen LogP contribution in [0.25, 0.3) is 0 Å². The highest BCUT2D eigenvalue weighted by molar-refractivity contribution is 5.81. The molecule has 1 N–H and O–H groups in total. The topological polar surface area (TPSA) is 57.6 Å². The van der Waals surface area contributed by atoms with Crippen LogP contribution >= 0.6 is 0 Å². The van der Waals surface area contributed by atoms with E-state index in [1.54, 1.807) is 0 Å². The second-order valence-electron chi connectivity index (χ2n) is 5.28. The standard InChI is InChI=1S/C13H21NO3/c15-12(14-7-3-1-2-4-8-14)10-5-6-11(9-10)13(16)17/h10-11H,1-9H2,(H,16,17)/t10-,11+/m1/s1. The Morgan fingerprint density at radius 2 is 1.53 bits per heavy atom. The zero-order chi connectivity index (χ0) is 12.3. The summed E-state index contributed by atoms with van der Waals surface area (Å²) in [6.45, 7) is 1.74. The van der Waals surface area contributed by atoms with Gasteiger partial charge in [0, 0.05) is 19.0 Å². The predicted molar refractivity (Wildman–Crippen MR) is 63.5 cm³/mol. The Kier molecular flexibility index (Phi) is 4.02. The first-order valence-electron chi connectivity index (χ1n) is 6.70. The first kappa shape index (κ1) is 12.4. The number of nitrogens with zero attached hydrogens (tertiary/aromatic N) is 1. The van der Waals surface area contributed by atoms with Crippen LogP contribution in [0, 0.1) is 11.8 Å².